The van der Waals surface area contributed by atoms with Gasteiger partial charge in [-0.1, -0.05) is 58.9 Å². The second-order valence-electron chi connectivity index (χ2n) is 15.0. The molecule has 316 valence electrons. The van der Waals surface area contributed by atoms with Crippen molar-refractivity contribution in [3.05, 3.63) is 137 Å². The molecule has 1 heterocycles. The molecule has 1 aromatic heterocycles. The van der Waals surface area contributed by atoms with E-state index in [1.165, 1.54) is 14.2 Å². The van der Waals surface area contributed by atoms with Crippen LogP contribution < -0.4 is 40.2 Å². The number of aromatic nitrogens is 1. The molecule has 13 nitrogen and oxygen atoms in total. The van der Waals surface area contributed by atoms with Crippen molar-refractivity contribution < 1.29 is 38.1 Å². The second kappa shape index (κ2) is 21.2. The highest BCUT2D eigenvalue weighted by atomic mass is 16.5. The van der Waals surface area contributed by atoms with Crippen LogP contribution in [0.2, 0.25) is 0 Å². The summed E-state index contributed by atoms with van der Waals surface area (Å²) >= 11 is 0. The third-order valence-corrected chi connectivity index (χ3v) is 9.82. The first-order chi connectivity index (χ1) is 28.6. The van der Waals surface area contributed by atoms with Crippen molar-refractivity contribution in [3.8, 4) is 23.0 Å². The Balaban J connectivity index is 0.000000267. The number of methoxy groups -OCH3 is 4. The lowest BCUT2D eigenvalue weighted by atomic mass is 9.84. The number of nitrogens with zero attached hydrogens (tertiary/aromatic N) is 1. The Morgan fingerprint density at radius 3 is 1.28 bits per heavy atom. The lowest BCUT2D eigenvalue weighted by Crippen LogP contribution is -2.36. The molecule has 5 aromatic rings. The average Bonchev–Trinajstić information content (AvgIpc) is 3.27. The van der Waals surface area contributed by atoms with E-state index in [1.54, 1.807) is 75.1 Å². The maximum Gasteiger partial charge on any atom is 0.255 e. The molecule has 4 aromatic carbocycles. The first-order valence-electron chi connectivity index (χ1n) is 19.4. The molecular formula is C47H55N5O8. The summed E-state index contributed by atoms with van der Waals surface area (Å²) in [6.45, 7) is 11.1. The molecular weight excluding hydrogens is 763 g/mol. The largest absolute Gasteiger partial charge is 0.493 e. The minimum Gasteiger partial charge on any atom is -0.493 e. The molecule has 0 radical (unpaired) electrons. The molecule has 0 atom stereocenters. The standard InChI is InChI=1S/C25H27N3O4.C22H28N2O4/c1-25(2,16-27-23(29)17-11-13-26-14-12-17)19-6-8-20(9-7-19)28-24(30)18-5-10-21(31-3)22(15-18)32-4;1-6-20(25)23-14-22(2,3)16-8-10-17(11-9-16)24-21(26)15-7-12-18(27-4)19(13-15)28-5/h5-15H,16H2,1-4H3,(H,27,29)(H,28,30);7-13H,6,14H2,1-5H3,(H,23,25)(H,24,26). The number of anilines is 2. The zero-order chi connectivity index (χ0) is 43.9. The SMILES string of the molecule is CCC(=O)NCC(C)(C)c1ccc(NC(=O)c2ccc(OC)c(OC)c2)cc1.COc1ccc(C(=O)Nc2ccc(C(C)(C)CNC(=O)c3ccncc3)cc2)cc1OC. The summed E-state index contributed by atoms with van der Waals surface area (Å²) in [7, 11) is 6.15. The fraction of sp³-hybridized carbons (Fsp3) is 0.298. The molecule has 0 aliphatic heterocycles. The number of amides is 4. The van der Waals surface area contributed by atoms with Crippen LogP contribution in [0.1, 0.15) is 83.2 Å². The lowest BCUT2D eigenvalue weighted by molar-refractivity contribution is -0.121. The van der Waals surface area contributed by atoms with Crippen molar-refractivity contribution in [2.24, 2.45) is 0 Å². The molecule has 0 saturated carbocycles. The summed E-state index contributed by atoms with van der Waals surface area (Å²) in [5, 5.41) is 11.7. The topological polar surface area (TPSA) is 166 Å². The van der Waals surface area contributed by atoms with Crippen LogP contribution in [0, 0.1) is 0 Å². The average molecular weight is 818 g/mol. The Kier molecular flexibility index (Phi) is 16.2. The molecule has 13 heteroatoms. The summed E-state index contributed by atoms with van der Waals surface area (Å²) in [6.07, 6.45) is 3.65. The van der Waals surface area contributed by atoms with Crippen molar-refractivity contribution in [1.82, 2.24) is 15.6 Å². The van der Waals surface area contributed by atoms with Crippen LogP contribution in [0.3, 0.4) is 0 Å². The van der Waals surface area contributed by atoms with E-state index in [4.69, 9.17) is 18.9 Å². The van der Waals surface area contributed by atoms with E-state index >= 15 is 0 Å². The van der Waals surface area contributed by atoms with Gasteiger partial charge in [0.05, 0.1) is 28.4 Å². The molecule has 0 unspecified atom stereocenters. The van der Waals surface area contributed by atoms with Crippen molar-refractivity contribution >= 4 is 35.0 Å². The smallest absolute Gasteiger partial charge is 0.255 e. The van der Waals surface area contributed by atoms with Crippen molar-refractivity contribution in [1.29, 1.82) is 0 Å². The Bertz CT molecular complexity index is 2220. The van der Waals surface area contributed by atoms with Gasteiger partial charge in [0.1, 0.15) is 0 Å². The van der Waals surface area contributed by atoms with Gasteiger partial charge >= 0.3 is 0 Å². The van der Waals surface area contributed by atoms with Crippen LogP contribution >= 0.6 is 0 Å². The van der Waals surface area contributed by atoms with Crippen LogP contribution in [0.4, 0.5) is 11.4 Å². The van der Waals surface area contributed by atoms with Crippen molar-refractivity contribution in [2.45, 2.75) is 51.9 Å². The normalized spacial score (nSPS) is 10.9. The van der Waals surface area contributed by atoms with Gasteiger partial charge in [-0.05, 0) is 83.9 Å². The number of pyridine rings is 1. The summed E-state index contributed by atoms with van der Waals surface area (Å²) in [4.78, 5) is 52.9. The van der Waals surface area contributed by atoms with Gasteiger partial charge in [-0.25, -0.2) is 0 Å². The van der Waals surface area contributed by atoms with Gasteiger partial charge in [0, 0.05) is 70.8 Å². The quantitative estimate of drug-likeness (QED) is 0.0777. The maximum atomic E-state index is 12.6. The van der Waals surface area contributed by atoms with Gasteiger partial charge in [-0.15, -0.1) is 0 Å². The van der Waals surface area contributed by atoms with E-state index in [2.05, 4.69) is 53.9 Å². The maximum absolute atomic E-state index is 12.6. The number of hydrogen-bond acceptors (Lipinski definition) is 9. The molecule has 60 heavy (non-hydrogen) atoms. The number of rotatable bonds is 16. The number of benzene rings is 4. The third-order valence-electron chi connectivity index (χ3n) is 9.82. The monoisotopic (exact) mass is 817 g/mol. The number of carbonyl (C=O) groups is 4. The highest BCUT2D eigenvalue weighted by molar-refractivity contribution is 6.05. The zero-order valence-corrected chi connectivity index (χ0v) is 35.7. The number of hydrogen-bond donors (Lipinski definition) is 4. The zero-order valence-electron chi connectivity index (χ0n) is 35.7. The molecule has 0 bridgehead atoms. The van der Waals surface area contributed by atoms with Crippen molar-refractivity contribution in [2.75, 3.05) is 52.2 Å². The summed E-state index contributed by atoms with van der Waals surface area (Å²) < 4.78 is 20.9. The molecule has 0 spiro atoms. The van der Waals surface area contributed by atoms with Crippen LogP contribution in [0.15, 0.2) is 109 Å². The minimum atomic E-state index is -0.297. The van der Waals surface area contributed by atoms with E-state index in [9.17, 15) is 19.2 Å². The number of ether oxygens (including phenoxy) is 4. The Labute approximate surface area is 352 Å². The van der Waals surface area contributed by atoms with Gasteiger partial charge in [0.15, 0.2) is 23.0 Å². The molecule has 0 fully saturated rings. The molecule has 0 aliphatic rings. The molecule has 4 N–H and O–H groups in total. The van der Waals surface area contributed by atoms with E-state index in [0.29, 0.717) is 70.6 Å². The van der Waals surface area contributed by atoms with Gasteiger partial charge in [-0.2, -0.15) is 0 Å². The third kappa shape index (κ3) is 12.6. The Hall–Kier alpha value is -6.89. The fourth-order valence-corrected chi connectivity index (χ4v) is 5.93. The van der Waals surface area contributed by atoms with E-state index in [-0.39, 0.29) is 34.5 Å². The van der Waals surface area contributed by atoms with Crippen molar-refractivity contribution in [3.63, 3.8) is 0 Å². The molecule has 5 rings (SSSR count). The molecule has 4 amide bonds. The number of carbonyl (C=O) groups excluding carboxylic acids is 4. The van der Waals surface area contributed by atoms with Gasteiger partial charge in [-0.3, -0.25) is 24.2 Å². The predicted octanol–water partition coefficient (Wildman–Crippen LogP) is 7.82. The Morgan fingerprint density at radius 2 is 0.900 bits per heavy atom. The fourth-order valence-electron chi connectivity index (χ4n) is 5.93. The van der Waals surface area contributed by atoms with Gasteiger partial charge < -0.3 is 40.2 Å². The van der Waals surface area contributed by atoms with E-state index < -0.39 is 0 Å². The number of nitrogens with one attached hydrogen (secondary N) is 4. The first kappa shape index (κ1) is 45.8. The van der Waals surface area contributed by atoms with E-state index in [1.807, 2.05) is 55.5 Å². The van der Waals surface area contributed by atoms with Crippen LogP contribution in [-0.4, -0.2) is 70.1 Å². The first-order valence-corrected chi connectivity index (χ1v) is 19.4. The summed E-state index contributed by atoms with van der Waals surface area (Å²) in [5.41, 5.74) is 4.48. The van der Waals surface area contributed by atoms with Gasteiger partial charge in [0.25, 0.3) is 17.7 Å². The summed E-state index contributed by atoms with van der Waals surface area (Å²) in [5.74, 6) is 1.54. The highest BCUT2D eigenvalue weighted by Gasteiger charge is 2.23. The second-order valence-corrected chi connectivity index (χ2v) is 15.0. The molecule has 0 saturated heterocycles. The minimum absolute atomic E-state index is 0.0341. The van der Waals surface area contributed by atoms with Gasteiger partial charge in [0.2, 0.25) is 5.91 Å². The van der Waals surface area contributed by atoms with Crippen LogP contribution in [0.5, 0.6) is 23.0 Å². The highest BCUT2D eigenvalue weighted by Crippen LogP contribution is 2.30. The summed E-state index contributed by atoms with van der Waals surface area (Å²) in [6, 6.07) is 28.6. The van der Waals surface area contributed by atoms with Crippen LogP contribution in [-0.2, 0) is 15.6 Å². The lowest BCUT2D eigenvalue weighted by Gasteiger charge is -2.26. The van der Waals surface area contributed by atoms with E-state index in [0.717, 1.165) is 11.1 Å². The molecule has 0 aliphatic carbocycles. The predicted molar refractivity (Wildman–Crippen MR) is 234 cm³/mol. The van der Waals surface area contributed by atoms with Crippen LogP contribution in [0.25, 0.3) is 0 Å². The Morgan fingerprint density at radius 1 is 0.500 bits per heavy atom.